The number of hydrogen-bond acceptors (Lipinski definition) is 50. The summed E-state index contributed by atoms with van der Waals surface area (Å²) < 4.78 is 83.1. The lowest BCUT2D eigenvalue weighted by Crippen LogP contribution is -2.37. The van der Waals surface area contributed by atoms with Crippen LogP contribution in [0.2, 0.25) is 0 Å². The van der Waals surface area contributed by atoms with Crippen molar-refractivity contribution < 1.29 is 223 Å². The van der Waals surface area contributed by atoms with Gasteiger partial charge >= 0.3 is 24.1 Å². The van der Waals surface area contributed by atoms with Gasteiger partial charge in [0, 0.05) is 172 Å². The van der Waals surface area contributed by atoms with Gasteiger partial charge in [0.2, 0.25) is 26.9 Å². The molecule has 0 spiro atoms. The van der Waals surface area contributed by atoms with Gasteiger partial charge in [0.05, 0.1) is 120 Å². The highest BCUT2D eigenvalue weighted by atomic mass is 33.1. The monoisotopic (exact) mass is 2360 g/mol. The molecule has 150 heavy (non-hydrogen) atoms. The zero-order valence-electron chi connectivity index (χ0n) is 88.8. The number of nitrogens with zero attached hydrogens (tertiary/aromatic N) is 3. The molecule has 4 amide bonds. The molecule has 0 saturated carbocycles. The van der Waals surface area contributed by atoms with Crippen LogP contribution in [0, 0.1) is 41.4 Å². The number of methoxy groups -OCH3 is 5. The van der Waals surface area contributed by atoms with E-state index >= 15 is 0 Å². The second-order valence-electron chi connectivity index (χ2n) is 34.1. The van der Waals surface area contributed by atoms with E-state index in [-0.39, 0.29) is 297 Å². The van der Waals surface area contributed by atoms with Gasteiger partial charge in [-0.2, -0.15) is 0 Å². The molecule has 3 aliphatic rings. The maximum absolute atomic E-state index is 12.0. The first-order valence-electron chi connectivity index (χ1n) is 46.6. The van der Waals surface area contributed by atoms with Gasteiger partial charge < -0.3 is 194 Å². The molecular formula is C91H173N3O46P6S4. The number of likely N-dealkylation sites (tertiary alicyclic amines) is 3. The van der Waals surface area contributed by atoms with E-state index in [2.05, 4.69) is 94.4 Å². The van der Waals surface area contributed by atoms with Crippen molar-refractivity contribution in [3.63, 3.8) is 0 Å². The standard InChI is InChI=1S/C16H28NO6P.C13H25O8PS2.C12H26O7P2S2.C10H18O5.C10H18O4.C9H18NO5P.C9H15NO5.C9H19O4P.C3H6O2/c1-4-13-9-15(20)17(16(13)21)8-7-14(19)6-5-12(10-18)11-23-24(2,3)22;1-11(15)19-9-23-24-10-21-22(3,17)20-8-12(7-14)5-4-6-13(16)18-2;1-11(14)5-6-12(7-13)8-17-21(4,16)19-10-23-22-9-18-20(2,3)15;1-8(12)15-7-9(6-11)4-3-5-10(13)14-2;1-8(12)4-3-5-10(6-11)7-14-9(2)13;1-14-9(12)10-5-8(4-7(10)6-11)15-16(2,3)13;1-6(12)15-8-3-7(5-11)10(4-8)9(13)14-2;1-8(11)4-5-9(6-10)7-13-14(2,3)12;1-3(4)5-2/h12-13,18,22H,2,4-11H2,1,3H3;12,14-15,17H,1,3-10H2,2H3;12-13,15-16H,2,4-10H2,1,3H3;9,11-12H,1,3-7H2,2H3;10-11,13H,2-7H2,1H3;7-8,11,13H,2,4-6H2,1,3H3;7-8,11-12H,1,3-5H2,2H3;9-10,12H,2,4-7H2,1,3H3;4H,1H2,2H3. The number of carbonyl (C=O) groups excluding carboxylic acids is 10. The van der Waals surface area contributed by atoms with Crippen molar-refractivity contribution in [2.24, 2.45) is 41.4 Å². The van der Waals surface area contributed by atoms with Gasteiger partial charge in [-0.3, -0.25) is 33.8 Å². The summed E-state index contributed by atoms with van der Waals surface area (Å²) in [4.78, 5) is 174. The number of imide groups is 1. The third-order valence-corrected chi connectivity index (χ3v) is 28.6. The first kappa shape index (κ1) is 155. The fraction of sp³-hybridized carbons (Fsp3) is 0.714. The van der Waals surface area contributed by atoms with Gasteiger partial charge in [0.25, 0.3) is 29.7 Å². The van der Waals surface area contributed by atoms with Crippen molar-refractivity contribution in [3.05, 3.63) is 62.6 Å². The Balaban J connectivity index is -0.000000396. The van der Waals surface area contributed by atoms with Crippen molar-refractivity contribution >= 4 is 185 Å². The Morgan fingerprint density at radius 2 is 0.713 bits per heavy atom. The average Bonchev–Trinajstić information content (AvgIpc) is 1.70. The molecule has 0 aliphatic carbocycles. The molecule has 3 saturated heterocycles. The second kappa shape index (κ2) is 90.3. The Morgan fingerprint density at radius 1 is 0.387 bits per heavy atom. The predicted molar refractivity (Wildman–Crippen MR) is 589 cm³/mol. The Kier molecular flexibility index (Phi) is 93.3. The summed E-state index contributed by atoms with van der Waals surface area (Å²) in [6, 6.07) is -0.647. The van der Waals surface area contributed by atoms with Gasteiger partial charge in [-0.15, -0.1) is 0 Å². The molecule has 3 aliphatic heterocycles. The minimum atomic E-state index is -3.23. The van der Waals surface area contributed by atoms with Gasteiger partial charge in [0.15, 0.2) is 0 Å². The maximum atomic E-state index is 12.0. The summed E-state index contributed by atoms with van der Waals surface area (Å²) in [5, 5.41) is 116. The van der Waals surface area contributed by atoms with Crippen LogP contribution in [-0.2, 0) is 117 Å². The van der Waals surface area contributed by atoms with Crippen LogP contribution >= 0.6 is 87.7 Å². The molecule has 0 aromatic heterocycles. The average molecular weight is 2360 g/mol. The summed E-state index contributed by atoms with van der Waals surface area (Å²) in [7, 11) is -4.94. The van der Waals surface area contributed by atoms with Gasteiger partial charge in [0.1, 0.15) is 82.4 Å². The van der Waals surface area contributed by atoms with E-state index in [4.69, 9.17) is 106 Å². The van der Waals surface area contributed by atoms with Crippen molar-refractivity contribution in [3.8, 4) is 0 Å². The number of esters is 2. The topological polar surface area (TPSA) is 722 Å². The van der Waals surface area contributed by atoms with E-state index in [1.54, 1.807) is 6.92 Å². The van der Waals surface area contributed by atoms with Crippen LogP contribution in [0.15, 0.2) is 62.6 Å². The van der Waals surface area contributed by atoms with E-state index in [0.29, 0.717) is 103 Å². The van der Waals surface area contributed by atoms with Crippen molar-refractivity contribution in [2.45, 2.75) is 180 Å². The summed E-state index contributed by atoms with van der Waals surface area (Å²) in [5.74, 6) is -2.93. The molecule has 0 radical (unpaired) electrons. The Bertz CT molecular complexity index is 4150. The summed E-state index contributed by atoms with van der Waals surface area (Å²) in [5.41, 5.74) is 0. The number of hydrogen-bond donors (Lipinski definition) is 19. The van der Waals surface area contributed by atoms with Gasteiger partial charge in [-0.05, 0) is 137 Å². The summed E-state index contributed by atoms with van der Waals surface area (Å²) >= 11 is 0. The highest BCUT2D eigenvalue weighted by molar-refractivity contribution is 8.77. The highest BCUT2D eigenvalue weighted by Crippen LogP contribution is 2.48. The molecule has 59 heteroatoms. The lowest BCUT2D eigenvalue weighted by molar-refractivity contribution is -0.141. The summed E-state index contributed by atoms with van der Waals surface area (Å²) in [6.45, 7) is 29.1. The first-order valence-corrected chi connectivity index (χ1v) is 64.3. The number of aliphatic hydroxyl groups excluding tert-OH is 13. The molecule has 882 valence electrons. The molecule has 0 aromatic rings. The van der Waals surface area contributed by atoms with E-state index in [0.717, 1.165) is 6.42 Å². The number of ether oxygens (including phenoxy) is 9. The zero-order chi connectivity index (χ0) is 117. The molecule has 17 atom stereocenters. The normalized spacial score (nSPS) is 18.4. The van der Waals surface area contributed by atoms with Crippen LogP contribution in [0.4, 0.5) is 9.59 Å². The fourth-order valence-electron chi connectivity index (χ4n) is 11.6. The minimum Gasteiger partial charge on any atom is -0.481 e. The first-order chi connectivity index (χ1) is 69.8. The van der Waals surface area contributed by atoms with E-state index < -0.39 is 56.7 Å². The largest absolute Gasteiger partial charge is 0.481 e. The molecule has 0 bridgehead atoms. The number of carbonyl (C=O) groups is 10. The van der Waals surface area contributed by atoms with Crippen molar-refractivity contribution in [1.29, 1.82) is 0 Å². The Hall–Kier alpha value is -5.68. The van der Waals surface area contributed by atoms with Gasteiger partial charge in [-0.1, -0.05) is 75.3 Å². The van der Waals surface area contributed by atoms with Gasteiger partial charge in [-0.25, -0.2) is 9.59 Å². The van der Waals surface area contributed by atoms with Crippen LogP contribution in [-0.4, -0.2) is 430 Å². The van der Waals surface area contributed by atoms with Crippen LogP contribution in [0.3, 0.4) is 0 Å². The molecule has 19 N–H and O–H groups in total. The fourth-order valence-corrected chi connectivity index (χ4v) is 19.8. The Labute approximate surface area is 899 Å². The molecule has 17 unspecified atom stereocenters. The third kappa shape index (κ3) is 95.7. The van der Waals surface area contributed by atoms with Crippen LogP contribution < -0.4 is 0 Å². The molecule has 0 aromatic carbocycles. The van der Waals surface area contributed by atoms with E-state index in [9.17, 15) is 92.6 Å². The third-order valence-electron chi connectivity index (χ3n) is 19.7. The minimum absolute atomic E-state index is 0.00875. The van der Waals surface area contributed by atoms with Crippen LogP contribution in [0.1, 0.15) is 156 Å². The van der Waals surface area contributed by atoms with Crippen LogP contribution in [0.25, 0.3) is 0 Å². The quantitative estimate of drug-likeness (QED) is 0.00393. The number of Topliss-reactive ketones (excluding diaryl/α,β-unsaturated/α-hetero) is 4. The summed E-state index contributed by atoms with van der Waals surface area (Å²) in [6.07, 6.45) is 28.7. The number of aliphatic hydroxyl groups is 13. The number of rotatable bonds is 70. The van der Waals surface area contributed by atoms with E-state index in [1.807, 2.05) is 6.92 Å². The van der Waals surface area contributed by atoms with Crippen LogP contribution in [0.5, 0.6) is 0 Å². The van der Waals surface area contributed by atoms with Crippen molar-refractivity contribution in [1.82, 2.24) is 14.7 Å². The maximum Gasteiger partial charge on any atom is 0.409 e. The second-order valence-corrected chi connectivity index (χ2v) is 51.8. The molecular weight excluding hydrogens is 2190 g/mol. The number of amides is 4. The molecule has 3 rings (SSSR count). The number of ketones is 4. The Morgan fingerprint density at radius 3 is 1.02 bits per heavy atom. The van der Waals surface area contributed by atoms with E-state index in [1.165, 1.54) is 134 Å². The zero-order valence-corrected chi connectivity index (χ0v) is 97.4. The molecule has 3 fully saturated rings. The SMILES string of the molecule is C=C(O)OC.C=C(O)OC1CC(CO)N(C(=O)OC)C1.C=C(O)OCC(CO)CCCC(=O)OC.C=C(O)OCC(CO)CCCC(C)=O.C=C(O)OCSSCOP(=C)(O)OCC(CO)CCCC(=O)OC.C=P(C)(O)OC1CC(CO)N(C(=O)OC)C1.C=P(C)(O)OCC(CO)CCC(=O)CCN1C(=O)CC(CC)C1=O.C=P(C)(O)OCC(CO)CCC(C)=O.C=P(C)(O)OCSSCOP(=C)(O)OCC(CO)CCC(C)=O. The smallest absolute Gasteiger partial charge is 0.409 e. The predicted octanol–water partition coefficient (Wildman–Crippen LogP) is 10.2. The lowest BCUT2D eigenvalue weighted by atomic mass is 10.0. The lowest BCUT2D eigenvalue weighted by Gasteiger charge is -2.21. The molecule has 49 nitrogen and oxygen atoms in total. The molecule has 3 heterocycles. The van der Waals surface area contributed by atoms with Crippen molar-refractivity contribution in [2.75, 3.05) is 198 Å². The highest BCUT2D eigenvalue weighted by Gasteiger charge is 2.40.